The third-order valence-corrected chi connectivity index (χ3v) is 7.87. The molecule has 2 aliphatic heterocycles. The molecule has 2 saturated carbocycles. The molecule has 184 valence electrons. The molecule has 0 bridgehead atoms. The lowest BCUT2D eigenvalue weighted by Crippen LogP contribution is -2.60. The second kappa shape index (κ2) is 8.74. The zero-order valence-electron chi connectivity index (χ0n) is 19.0. The molecule has 4 fully saturated rings. The Hall–Kier alpha value is -1.85. The number of hydrogen-bond donors (Lipinski definition) is 3. The fraction of sp³-hybridized carbons (Fsp3) is 0.783. The van der Waals surface area contributed by atoms with E-state index in [9.17, 15) is 29.7 Å². The van der Waals surface area contributed by atoms with Crippen molar-refractivity contribution in [2.24, 2.45) is 23.2 Å². The molecule has 2 heterocycles. The van der Waals surface area contributed by atoms with Crippen LogP contribution in [0.1, 0.15) is 40.0 Å². The van der Waals surface area contributed by atoms with Gasteiger partial charge in [0, 0.05) is 36.2 Å². The first-order chi connectivity index (χ1) is 15.4. The van der Waals surface area contributed by atoms with Crippen LogP contribution in [0.2, 0.25) is 0 Å². The first kappa shape index (κ1) is 24.3. The van der Waals surface area contributed by atoms with Crippen LogP contribution in [-0.4, -0.2) is 82.6 Å². The molecular formula is C23H32O10. The first-order valence-electron chi connectivity index (χ1n) is 11.4. The first-order valence-corrected chi connectivity index (χ1v) is 11.4. The van der Waals surface area contributed by atoms with Gasteiger partial charge in [0.1, 0.15) is 42.9 Å². The molecule has 0 amide bonds. The topological polar surface area (TPSA) is 149 Å². The van der Waals surface area contributed by atoms with Gasteiger partial charge < -0.3 is 34.3 Å². The molecule has 10 nitrogen and oxygen atoms in total. The third kappa shape index (κ3) is 4.12. The highest BCUT2D eigenvalue weighted by molar-refractivity contribution is 5.92. The molecule has 2 aliphatic carbocycles. The summed E-state index contributed by atoms with van der Waals surface area (Å²) in [6.07, 6.45) is -6.95. The van der Waals surface area contributed by atoms with E-state index in [0.717, 1.165) is 0 Å². The SMILES string of the molecule is C=C1C(=O)O[C@@H]2C[C@@H](C)C3[C@@H](O[C@@H]4O[C@H](COC(C)=O)[C@@H](O)[C@H](O)[C@H]4O)CC(=O)[C@@]3(C)C[C@H]12. The fourth-order valence-corrected chi connectivity index (χ4v) is 6.16. The minimum Gasteiger partial charge on any atom is -0.463 e. The van der Waals surface area contributed by atoms with Crippen LogP contribution in [0.15, 0.2) is 12.2 Å². The lowest BCUT2D eigenvalue weighted by atomic mass is 9.69. The maximum atomic E-state index is 13.2. The molecule has 4 rings (SSSR count). The smallest absolute Gasteiger partial charge is 0.334 e. The van der Waals surface area contributed by atoms with Crippen LogP contribution in [0, 0.1) is 23.2 Å². The Morgan fingerprint density at radius 2 is 1.91 bits per heavy atom. The fourth-order valence-electron chi connectivity index (χ4n) is 6.16. The summed E-state index contributed by atoms with van der Waals surface area (Å²) < 4.78 is 22.1. The standard InChI is InChI=1S/C23H32O10/c1-9-5-13-12(10(2)21(29)31-13)7-23(4)16(25)6-14(17(9)23)32-22-20(28)19(27)18(26)15(33-22)8-30-11(3)24/h9,12-15,17-20,22,26-28H,2,5-8H2,1,3-4H3/t9-,12-,13-,14+,15-,17?,18-,19+,20-,22-,23-/m1/s1. The number of aliphatic hydroxyl groups is 3. The number of ketones is 1. The van der Waals surface area contributed by atoms with Gasteiger partial charge in [-0.3, -0.25) is 9.59 Å². The van der Waals surface area contributed by atoms with Gasteiger partial charge in [0.05, 0.1) is 6.10 Å². The molecule has 0 aromatic rings. The van der Waals surface area contributed by atoms with Gasteiger partial charge in [-0.1, -0.05) is 20.4 Å². The van der Waals surface area contributed by atoms with Crippen LogP contribution in [-0.2, 0) is 33.3 Å². The highest BCUT2D eigenvalue weighted by atomic mass is 16.7. The molecule has 2 saturated heterocycles. The highest BCUT2D eigenvalue weighted by Gasteiger charge is 2.60. The molecule has 3 N–H and O–H groups in total. The zero-order valence-corrected chi connectivity index (χ0v) is 19.0. The Balaban J connectivity index is 1.54. The monoisotopic (exact) mass is 468 g/mol. The van der Waals surface area contributed by atoms with Gasteiger partial charge in [-0.05, 0) is 18.8 Å². The van der Waals surface area contributed by atoms with Crippen molar-refractivity contribution in [3.05, 3.63) is 12.2 Å². The van der Waals surface area contributed by atoms with Crippen LogP contribution >= 0.6 is 0 Å². The average Bonchev–Trinajstić information content (AvgIpc) is 3.09. The maximum absolute atomic E-state index is 13.2. The van der Waals surface area contributed by atoms with Crippen LogP contribution in [0.3, 0.4) is 0 Å². The van der Waals surface area contributed by atoms with Crippen molar-refractivity contribution >= 4 is 17.7 Å². The van der Waals surface area contributed by atoms with Crippen molar-refractivity contribution < 1.29 is 48.7 Å². The molecule has 0 aromatic carbocycles. The Morgan fingerprint density at radius 3 is 2.58 bits per heavy atom. The van der Waals surface area contributed by atoms with E-state index < -0.39 is 54.2 Å². The molecule has 4 aliphatic rings. The molecule has 0 radical (unpaired) electrons. The van der Waals surface area contributed by atoms with E-state index in [-0.39, 0.29) is 42.7 Å². The highest BCUT2D eigenvalue weighted by Crippen LogP contribution is 2.56. The van der Waals surface area contributed by atoms with E-state index in [1.54, 1.807) is 0 Å². The number of rotatable bonds is 4. The molecule has 10 heteroatoms. The minimum absolute atomic E-state index is 0.0144. The third-order valence-electron chi connectivity index (χ3n) is 7.87. The molecule has 0 aromatic heterocycles. The summed E-state index contributed by atoms with van der Waals surface area (Å²) in [5.74, 6) is -1.54. The van der Waals surface area contributed by atoms with Crippen LogP contribution in [0.25, 0.3) is 0 Å². The number of fused-ring (bicyclic) bond motifs is 2. The average molecular weight is 468 g/mol. The van der Waals surface area contributed by atoms with E-state index in [2.05, 4.69) is 6.58 Å². The molecule has 0 spiro atoms. The van der Waals surface area contributed by atoms with E-state index in [1.807, 2.05) is 13.8 Å². The second-order valence-electron chi connectivity index (χ2n) is 10.1. The number of esters is 2. The maximum Gasteiger partial charge on any atom is 0.334 e. The summed E-state index contributed by atoms with van der Waals surface area (Å²) in [7, 11) is 0. The molecule has 33 heavy (non-hydrogen) atoms. The number of aliphatic hydroxyl groups excluding tert-OH is 3. The summed E-state index contributed by atoms with van der Waals surface area (Å²) in [5, 5.41) is 31.0. The Morgan fingerprint density at radius 1 is 1.21 bits per heavy atom. The number of carbonyl (C=O) groups excluding carboxylic acids is 3. The summed E-state index contributed by atoms with van der Waals surface area (Å²) in [5.41, 5.74) is -0.391. The molecule has 11 atom stereocenters. The van der Waals surface area contributed by atoms with Crippen molar-refractivity contribution in [3.8, 4) is 0 Å². The lowest BCUT2D eigenvalue weighted by Gasteiger charge is -2.42. The van der Waals surface area contributed by atoms with Gasteiger partial charge in [0.25, 0.3) is 0 Å². The minimum atomic E-state index is -1.58. The Bertz CT molecular complexity index is 841. The summed E-state index contributed by atoms with van der Waals surface area (Å²) in [6.45, 7) is 8.61. The van der Waals surface area contributed by atoms with Crippen LogP contribution in [0.4, 0.5) is 0 Å². The van der Waals surface area contributed by atoms with Gasteiger partial charge in [-0.15, -0.1) is 0 Å². The van der Waals surface area contributed by atoms with Crippen molar-refractivity contribution in [1.82, 2.24) is 0 Å². The number of hydrogen-bond acceptors (Lipinski definition) is 10. The molecular weight excluding hydrogens is 436 g/mol. The summed E-state index contributed by atoms with van der Waals surface area (Å²) in [6, 6.07) is 0. The van der Waals surface area contributed by atoms with E-state index in [0.29, 0.717) is 18.4 Å². The number of ether oxygens (including phenoxy) is 4. The predicted octanol–water partition coefficient (Wildman–Crippen LogP) is -0.135. The van der Waals surface area contributed by atoms with Crippen molar-refractivity contribution in [3.63, 3.8) is 0 Å². The number of Topliss-reactive ketones (excluding diaryl/α,β-unsaturated/α-hetero) is 1. The second-order valence-corrected chi connectivity index (χ2v) is 10.1. The van der Waals surface area contributed by atoms with Gasteiger partial charge in [-0.2, -0.15) is 0 Å². The summed E-state index contributed by atoms with van der Waals surface area (Å²) in [4.78, 5) is 36.4. The van der Waals surface area contributed by atoms with Crippen molar-refractivity contribution in [2.45, 2.75) is 82.9 Å². The largest absolute Gasteiger partial charge is 0.463 e. The molecule has 1 unspecified atom stereocenters. The van der Waals surface area contributed by atoms with Crippen LogP contribution in [0.5, 0.6) is 0 Å². The van der Waals surface area contributed by atoms with Gasteiger partial charge in [-0.25, -0.2) is 4.79 Å². The van der Waals surface area contributed by atoms with Crippen molar-refractivity contribution in [2.75, 3.05) is 6.61 Å². The summed E-state index contributed by atoms with van der Waals surface area (Å²) >= 11 is 0. The number of carbonyl (C=O) groups is 3. The van der Waals surface area contributed by atoms with Crippen molar-refractivity contribution in [1.29, 1.82) is 0 Å². The predicted molar refractivity (Wildman–Crippen MR) is 110 cm³/mol. The zero-order chi connectivity index (χ0) is 24.2. The van der Waals surface area contributed by atoms with E-state index >= 15 is 0 Å². The van der Waals surface area contributed by atoms with Gasteiger partial charge in [0.2, 0.25) is 0 Å². The van der Waals surface area contributed by atoms with Gasteiger partial charge >= 0.3 is 11.9 Å². The quantitative estimate of drug-likeness (QED) is 0.376. The van der Waals surface area contributed by atoms with E-state index in [1.165, 1.54) is 6.92 Å². The Kier molecular flexibility index (Phi) is 6.43. The van der Waals surface area contributed by atoms with Crippen LogP contribution < -0.4 is 0 Å². The lowest BCUT2D eigenvalue weighted by molar-refractivity contribution is -0.315. The Labute approximate surface area is 191 Å². The van der Waals surface area contributed by atoms with E-state index in [4.69, 9.17) is 18.9 Å². The normalized spacial score (nSPS) is 47.5. The van der Waals surface area contributed by atoms with Gasteiger partial charge in [0.15, 0.2) is 6.29 Å².